The minimum Gasteiger partial charge on any atom is -0.493 e. The molecule has 22 heavy (non-hydrogen) atoms. The molecule has 0 aromatic heterocycles. The number of halogens is 1. The highest BCUT2D eigenvalue weighted by atomic mass is 79.9. The van der Waals surface area contributed by atoms with Crippen molar-refractivity contribution in [2.45, 2.75) is 13.8 Å². The van der Waals surface area contributed by atoms with Crippen LogP contribution in [0.5, 0.6) is 5.75 Å². The third kappa shape index (κ3) is 3.94. The minimum atomic E-state index is -0.822. The van der Waals surface area contributed by atoms with Crippen molar-refractivity contribution in [3.8, 4) is 5.75 Å². The highest BCUT2D eigenvalue weighted by molar-refractivity contribution is 9.10. The van der Waals surface area contributed by atoms with Crippen molar-refractivity contribution in [1.29, 1.82) is 0 Å². The van der Waals surface area contributed by atoms with Gasteiger partial charge in [0.15, 0.2) is 0 Å². The number of ether oxygens (including phenoxy) is 1. The van der Waals surface area contributed by atoms with Crippen LogP contribution >= 0.6 is 15.9 Å². The normalized spacial score (nSPS) is 14.7. The number of carbonyl (C=O) groups excluding carboxylic acids is 3. The van der Waals surface area contributed by atoms with Crippen LogP contribution in [0.2, 0.25) is 0 Å². The molecule has 1 aliphatic heterocycles. The fourth-order valence-corrected chi connectivity index (χ4v) is 2.16. The zero-order valence-corrected chi connectivity index (χ0v) is 13.7. The summed E-state index contributed by atoms with van der Waals surface area (Å²) >= 11 is 3.34. The second-order valence-corrected chi connectivity index (χ2v) is 6.10. The van der Waals surface area contributed by atoms with Crippen molar-refractivity contribution >= 4 is 39.9 Å². The van der Waals surface area contributed by atoms with Crippen LogP contribution in [0, 0.1) is 5.92 Å². The second-order valence-electron chi connectivity index (χ2n) is 5.18. The summed E-state index contributed by atoms with van der Waals surface area (Å²) in [4.78, 5) is 34.6. The molecule has 2 rings (SSSR count). The fourth-order valence-electron chi connectivity index (χ4n) is 1.78. The first kappa shape index (κ1) is 16.2. The lowest BCUT2D eigenvalue weighted by atomic mass is 10.1. The van der Waals surface area contributed by atoms with Crippen molar-refractivity contribution in [1.82, 2.24) is 10.6 Å². The van der Waals surface area contributed by atoms with E-state index < -0.39 is 17.8 Å². The molecule has 6 nitrogen and oxygen atoms in total. The Balaban J connectivity index is 2.36. The summed E-state index contributed by atoms with van der Waals surface area (Å²) < 4.78 is 6.47. The summed E-state index contributed by atoms with van der Waals surface area (Å²) in [6, 6.07) is 4.47. The monoisotopic (exact) mass is 366 g/mol. The van der Waals surface area contributed by atoms with Gasteiger partial charge in [0.05, 0.1) is 6.61 Å². The van der Waals surface area contributed by atoms with E-state index in [4.69, 9.17) is 4.74 Å². The van der Waals surface area contributed by atoms with Gasteiger partial charge >= 0.3 is 6.03 Å². The average molecular weight is 367 g/mol. The molecule has 0 aliphatic carbocycles. The van der Waals surface area contributed by atoms with Gasteiger partial charge in [0.25, 0.3) is 11.8 Å². The maximum absolute atomic E-state index is 11.8. The Kier molecular flexibility index (Phi) is 4.97. The SMILES string of the molecule is CC(C)COc1ccc(Br)cc1C=C1C(=O)NC(=O)NC1=O. The highest BCUT2D eigenvalue weighted by Gasteiger charge is 2.28. The van der Waals surface area contributed by atoms with E-state index in [2.05, 4.69) is 15.9 Å². The number of hydrogen-bond donors (Lipinski definition) is 2. The molecular formula is C15H15BrN2O4. The van der Waals surface area contributed by atoms with Crippen LogP contribution in [0.1, 0.15) is 19.4 Å². The van der Waals surface area contributed by atoms with Crippen LogP contribution in [0.25, 0.3) is 6.08 Å². The first-order valence-electron chi connectivity index (χ1n) is 6.67. The van der Waals surface area contributed by atoms with E-state index in [1.165, 1.54) is 6.08 Å². The minimum absolute atomic E-state index is 0.146. The van der Waals surface area contributed by atoms with Crippen molar-refractivity contribution in [2.75, 3.05) is 6.61 Å². The molecule has 1 heterocycles. The van der Waals surface area contributed by atoms with E-state index in [9.17, 15) is 14.4 Å². The number of urea groups is 1. The molecule has 0 spiro atoms. The van der Waals surface area contributed by atoms with Gasteiger partial charge in [-0.15, -0.1) is 0 Å². The van der Waals surface area contributed by atoms with Crippen molar-refractivity contribution in [2.24, 2.45) is 5.92 Å². The van der Waals surface area contributed by atoms with Crippen molar-refractivity contribution in [3.05, 3.63) is 33.8 Å². The van der Waals surface area contributed by atoms with Crippen molar-refractivity contribution in [3.63, 3.8) is 0 Å². The molecule has 0 saturated carbocycles. The predicted molar refractivity (Wildman–Crippen MR) is 84.1 cm³/mol. The van der Waals surface area contributed by atoms with Crippen LogP contribution in [0.4, 0.5) is 4.79 Å². The van der Waals surface area contributed by atoms with Gasteiger partial charge in [0.1, 0.15) is 11.3 Å². The summed E-state index contributed by atoms with van der Waals surface area (Å²) in [5.74, 6) is -0.572. The van der Waals surface area contributed by atoms with E-state index in [0.717, 1.165) is 4.47 Å². The first-order valence-corrected chi connectivity index (χ1v) is 7.47. The largest absolute Gasteiger partial charge is 0.493 e. The summed E-state index contributed by atoms with van der Waals surface area (Å²) in [5.41, 5.74) is 0.428. The molecule has 0 atom stereocenters. The Labute approximate surface area is 136 Å². The van der Waals surface area contributed by atoms with E-state index in [-0.39, 0.29) is 5.57 Å². The van der Waals surface area contributed by atoms with Gasteiger partial charge in [0, 0.05) is 10.0 Å². The van der Waals surface area contributed by atoms with Gasteiger partial charge in [-0.1, -0.05) is 29.8 Å². The van der Waals surface area contributed by atoms with Crippen LogP contribution in [-0.2, 0) is 9.59 Å². The molecule has 1 aromatic carbocycles. The van der Waals surface area contributed by atoms with Gasteiger partial charge in [0.2, 0.25) is 0 Å². The maximum Gasteiger partial charge on any atom is 0.328 e. The average Bonchev–Trinajstić information content (AvgIpc) is 2.41. The number of amides is 4. The van der Waals surface area contributed by atoms with E-state index in [0.29, 0.717) is 23.8 Å². The van der Waals surface area contributed by atoms with E-state index in [1.807, 2.05) is 30.5 Å². The molecule has 1 aromatic rings. The zero-order valence-electron chi connectivity index (χ0n) is 12.1. The Bertz CT molecular complexity index is 646. The smallest absolute Gasteiger partial charge is 0.328 e. The maximum atomic E-state index is 11.8. The van der Waals surface area contributed by atoms with Crippen LogP contribution in [0.3, 0.4) is 0 Å². The number of nitrogens with one attached hydrogen (secondary N) is 2. The lowest BCUT2D eigenvalue weighted by Crippen LogP contribution is -2.51. The molecule has 7 heteroatoms. The summed E-state index contributed by atoms with van der Waals surface area (Å²) in [6.07, 6.45) is 1.40. The number of benzene rings is 1. The zero-order chi connectivity index (χ0) is 16.3. The molecule has 4 amide bonds. The number of imide groups is 2. The first-order chi connectivity index (χ1) is 10.4. The van der Waals surface area contributed by atoms with Crippen molar-refractivity contribution < 1.29 is 19.1 Å². The van der Waals surface area contributed by atoms with Crippen LogP contribution < -0.4 is 15.4 Å². The second kappa shape index (κ2) is 6.74. The lowest BCUT2D eigenvalue weighted by Gasteiger charge is -2.15. The topological polar surface area (TPSA) is 84.5 Å². The van der Waals surface area contributed by atoms with E-state index >= 15 is 0 Å². The number of rotatable bonds is 4. The third-order valence-corrected chi connectivity index (χ3v) is 3.28. The highest BCUT2D eigenvalue weighted by Crippen LogP contribution is 2.26. The molecule has 1 fully saturated rings. The van der Waals surface area contributed by atoms with Gasteiger partial charge in [-0.05, 0) is 30.2 Å². The molecule has 0 unspecified atom stereocenters. The van der Waals surface area contributed by atoms with Gasteiger partial charge in [-0.2, -0.15) is 0 Å². The molecule has 1 aliphatic rings. The Morgan fingerprint density at radius 1 is 1.18 bits per heavy atom. The predicted octanol–water partition coefficient (Wildman–Crippen LogP) is 2.23. The molecule has 116 valence electrons. The summed E-state index contributed by atoms with van der Waals surface area (Å²) in [7, 11) is 0. The Morgan fingerprint density at radius 2 is 1.82 bits per heavy atom. The van der Waals surface area contributed by atoms with E-state index in [1.54, 1.807) is 12.1 Å². The summed E-state index contributed by atoms with van der Waals surface area (Å²) in [5, 5.41) is 4.07. The molecule has 0 radical (unpaired) electrons. The molecular weight excluding hydrogens is 352 g/mol. The fraction of sp³-hybridized carbons (Fsp3) is 0.267. The Morgan fingerprint density at radius 3 is 2.41 bits per heavy atom. The quantitative estimate of drug-likeness (QED) is 0.632. The van der Waals surface area contributed by atoms with Gasteiger partial charge in [-0.3, -0.25) is 20.2 Å². The molecule has 0 bridgehead atoms. The lowest BCUT2D eigenvalue weighted by molar-refractivity contribution is -0.123. The number of hydrogen-bond acceptors (Lipinski definition) is 4. The molecule has 2 N–H and O–H groups in total. The van der Waals surface area contributed by atoms with Crippen LogP contribution in [0.15, 0.2) is 28.2 Å². The summed E-state index contributed by atoms with van der Waals surface area (Å²) in [6.45, 7) is 4.55. The standard InChI is InChI=1S/C15H15BrN2O4/c1-8(2)7-22-12-4-3-10(16)5-9(12)6-11-13(19)17-15(21)18-14(11)20/h3-6,8H,7H2,1-2H3,(H2,17,18,19,20,21). The number of barbiturate groups is 1. The Hall–Kier alpha value is -2.15. The number of carbonyl (C=O) groups is 3. The van der Waals surface area contributed by atoms with Crippen LogP contribution in [-0.4, -0.2) is 24.5 Å². The molecule has 1 saturated heterocycles. The van der Waals surface area contributed by atoms with Gasteiger partial charge < -0.3 is 4.74 Å². The van der Waals surface area contributed by atoms with Gasteiger partial charge in [-0.25, -0.2) is 4.79 Å². The third-order valence-electron chi connectivity index (χ3n) is 2.79.